The lowest BCUT2D eigenvalue weighted by atomic mass is 9.96. The first-order chi connectivity index (χ1) is 16.0. The van der Waals surface area contributed by atoms with Crippen molar-refractivity contribution < 1.29 is 17.9 Å². The van der Waals surface area contributed by atoms with Crippen LogP contribution in [0.4, 0.5) is 13.2 Å². The molecule has 174 valence electrons. The topological polar surface area (TPSA) is 38.2 Å². The molecule has 0 atom stereocenters. The highest BCUT2D eigenvalue weighted by atomic mass is 19.3. The second-order valence-corrected chi connectivity index (χ2v) is 7.36. The number of aromatic nitrogens is 2. The first kappa shape index (κ1) is 24.3. The van der Waals surface area contributed by atoms with Gasteiger partial charge in [-0.1, -0.05) is 38.6 Å². The first-order valence-electron chi connectivity index (χ1n) is 11.0. The van der Waals surface area contributed by atoms with Crippen LogP contribution in [0, 0.1) is 5.82 Å². The van der Waals surface area contributed by atoms with E-state index in [1.54, 1.807) is 24.5 Å². The maximum Gasteiger partial charge on any atom is 0.272 e. The number of alkyl halides is 2. The van der Waals surface area contributed by atoms with Crippen molar-refractivity contribution in [2.75, 3.05) is 13.2 Å². The quantitative estimate of drug-likeness (QED) is 0.433. The Labute approximate surface area is 192 Å². The molecule has 1 aliphatic rings. The smallest absolute Gasteiger partial charge is 0.272 e. The molecule has 0 fully saturated rings. The fraction of sp³-hybridized carbons (Fsp3) is 0.308. The largest absolute Gasteiger partial charge is 0.485 e. The van der Waals surface area contributed by atoms with Crippen LogP contribution in [0.15, 0.2) is 61.4 Å². The summed E-state index contributed by atoms with van der Waals surface area (Å²) in [6.07, 6.45) is 2.67. The van der Waals surface area contributed by atoms with Gasteiger partial charge in [0.05, 0.1) is 6.54 Å². The second-order valence-electron chi connectivity index (χ2n) is 7.36. The lowest BCUT2D eigenvalue weighted by Crippen LogP contribution is -2.22. The number of hydrogen-bond donors (Lipinski definition) is 0. The van der Waals surface area contributed by atoms with Gasteiger partial charge in [-0.2, -0.15) is 0 Å². The predicted molar refractivity (Wildman–Crippen MR) is 124 cm³/mol. The van der Waals surface area contributed by atoms with E-state index < -0.39 is 18.8 Å². The Bertz CT molecular complexity index is 1070. The fourth-order valence-electron chi connectivity index (χ4n) is 3.72. The molecule has 0 saturated carbocycles. The van der Waals surface area contributed by atoms with Crippen molar-refractivity contribution >= 4 is 5.70 Å². The third kappa shape index (κ3) is 6.12. The Balaban J connectivity index is 0.00000149. The van der Waals surface area contributed by atoms with Gasteiger partial charge in [-0.15, -0.1) is 0 Å². The number of aryl methyl sites for hydroxylation is 1. The standard InChI is InChI=1S/C24H22F3N3O.C2H6/c1-16-20-12-18(19-7-8-22(21(25)13-19)31-15-23(26)27)6-5-17(20)4-2-11-30(16)14-24-28-9-3-10-29-24;1-2/h3,5-10,12-13,23H,1-2,4,11,14-15H2;1-2H3. The fourth-order valence-corrected chi connectivity index (χ4v) is 3.72. The summed E-state index contributed by atoms with van der Waals surface area (Å²) in [5.74, 6) is -0.128. The van der Waals surface area contributed by atoms with Crippen molar-refractivity contribution in [2.24, 2.45) is 0 Å². The summed E-state index contributed by atoms with van der Waals surface area (Å²) in [7, 11) is 0. The highest BCUT2D eigenvalue weighted by Crippen LogP contribution is 2.33. The number of fused-ring (bicyclic) bond motifs is 1. The zero-order chi connectivity index (χ0) is 23.8. The van der Waals surface area contributed by atoms with Crippen LogP contribution < -0.4 is 4.74 Å². The minimum absolute atomic E-state index is 0.183. The van der Waals surface area contributed by atoms with Gasteiger partial charge in [-0.25, -0.2) is 23.1 Å². The van der Waals surface area contributed by atoms with E-state index in [9.17, 15) is 13.2 Å². The van der Waals surface area contributed by atoms with E-state index in [4.69, 9.17) is 4.74 Å². The molecule has 3 aromatic rings. The highest BCUT2D eigenvalue weighted by Gasteiger charge is 2.19. The Morgan fingerprint density at radius 1 is 1.06 bits per heavy atom. The molecule has 0 radical (unpaired) electrons. The van der Waals surface area contributed by atoms with Crippen LogP contribution in [0.25, 0.3) is 16.8 Å². The zero-order valence-corrected chi connectivity index (χ0v) is 18.9. The molecular formula is C26H28F3N3O. The molecule has 0 unspecified atom stereocenters. The minimum Gasteiger partial charge on any atom is -0.485 e. The van der Waals surface area contributed by atoms with E-state index >= 15 is 0 Å². The maximum atomic E-state index is 14.4. The summed E-state index contributed by atoms with van der Waals surface area (Å²) in [5.41, 5.74) is 4.52. The van der Waals surface area contributed by atoms with Crippen molar-refractivity contribution in [1.29, 1.82) is 0 Å². The number of rotatable bonds is 6. The Hall–Kier alpha value is -3.35. The molecule has 1 aliphatic heterocycles. The lowest BCUT2D eigenvalue weighted by Gasteiger charge is -2.25. The van der Waals surface area contributed by atoms with Crippen molar-refractivity contribution in [3.8, 4) is 16.9 Å². The summed E-state index contributed by atoms with van der Waals surface area (Å²) < 4.78 is 43.8. The van der Waals surface area contributed by atoms with Crippen LogP contribution in [-0.4, -0.2) is 34.4 Å². The van der Waals surface area contributed by atoms with Crippen LogP contribution >= 0.6 is 0 Å². The van der Waals surface area contributed by atoms with E-state index in [1.165, 1.54) is 17.7 Å². The van der Waals surface area contributed by atoms with E-state index in [1.807, 2.05) is 32.0 Å². The summed E-state index contributed by atoms with van der Waals surface area (Å²) in [6.45, 7) is 8.87. The highest BCUT2D eigenvalue weighted by molar-refractivity contribution is 5.74. The molecule has 33 heavy (non-hydrogen) atoms. The summed E-state index contributed by atoms with van der Waals surface area (Å²) in [4.78, 5) is 10.8. The SMILES string of the molecule is C=C1c2cc(-c3ccc(OCC(F)F)c(F)c3)ccc2CCCN1Cc1ncccn1.CC. The minimum atomic E-state index is -2.65. The zero-order valence-electron chi connectivity index (χ0n) is 18.9. The monoisotopic (exact) mass is 455 g/mol. The Kier molecular flexibility index (Phi) is 8.46. The third-order valence-electron chi connectivity index (χ3n) is 5.26. The van der Waals surface area contributed by atoms with E-state index in [-0.39, 0.29) is 5.75 Å². The molecule has 7 heteroatoms. The molecule has 2 heterocycles. The van der Waals surface area contributed by atoms with Gasteiger partial charge in [0, 0.05) is 30.2 Å². The predicted octanol–water partition coefficient (Wildman–Crippen LogP) is 6.37. The molecular weight excluding hydrogens is 427 g/mol. The average Bonchev–Trinajstić information content (AvgIpc) is 2.98. The molecule has 4 nitrogen and oxygen atoms in total. The second kappa shape index (κ2) is 11.5. The van der Waals surface area contributed by atoms with Crippen molar-refractivity contribution in [2.45, 2.75) is 39.7 Å². The first-order valence-corrected chi connectivity index (χ1v) is 11.0. The van der Waals surface area contributed by atoms with Gasteiger partial charge in [0.1, 0.15) is 12.4 Å². The van der Waals surface area contributed by atoms with Crippen LogP contribution in [0.3, 0.4) is 0 Å². The normalized spacial score (nSPS) is 13.2. The number of benzene rings is 2. The van der Waals surface area contributed by atoms with Gasteiger partial charge in [-0.3, -0.25) is 0 Å². The number of halogens is 3. The summed E-state index contributed by atoms with van der Waals surface area (Å²) in [6, 6.07) is 12.1. The van der Waals surface area contributed by atoms with Crippen molar-refractivity contribution in [3.63, 3.8) is 0 Å². The van der Waals surface area contributed by atoms with Crippen LogP contribution in [0.2, 0.25) is 0 Å². The van der Waals surface area contributed by atoms with Gasteiger partial charge < -0.3 is 9.64 Å². The maximum absolute atomic E-state index is 14.4. The number of ether oxygens (including phenoxy) is 1. The Morgan fingerprint density at radius 2 is 1.76 bits per heavy atom. The lowest BCUT2D eigenvalue weighted by molar-refractivity contribution is 0.0799. The molecule has 1 aromatic heterocycles. The summed E-state index contributed by atoms with van der Waals surface area (Å²) in [5, 5.41) is 0. The molecule has 0 N–H and O–H groups in total. The van der Waals surface area contributed by atoms with Gasteiger partial charge in [0.15, 0.2) is 11.6 Å². The Morgan fingerprint density at radius 3 is 2.45 bits per heavy atom. The molecule has 0 amide bonds. The summed E-state index contributed by atoms with van der Waals surface area (Å²) >= 11 is 0. The third-order valence-corrected chi connectivity index (χ3v) is 5.26. The van der Waals surface area contributed by atoms with E-state index in [0.717, 1.165) is 42.0 Å². The van der Waals surface area contributed by atoms with E-state index in [0.29, 0.717) is 12.1 Å². The molecule has 4 rings (SSSR count). The van der Waals surface area contributed by atoms with Crippen molar-refractivity contribution in [1.82, 2.24) is 14.9 Å². The van der Waals surface area contributed by atoms with Crippen LogP contribution in [-0.2, 0) is 13.0 Å². The van der Waals surface area contributed by atoms with Crippen LogP contribution in [0.1, 0.15) is 37.2 Å². The molecule has 0 spiro atoms. The van der Waals surface area contributed by atoms with Crippen LogP contribution in [0.5, 0.6) is 5.75 Å². The van der Waals surface area contributed by atoms with Gasteiger partial charge >= 0.3 is 0 Å². The van der Waals surface area contributed by atoms with Gasteiger partial charge in [0.25, 0.3) is 6.43 Å². The number of hydrogen-bond acceptors (Lipinski definition) is 4. The van der Waals surface area contributed by atoms with Crippen molar-refractivity contribution in [3.05, 3.63) is 84.2 Å². The average molecular weight is 456 g/mol. The van der Waals surface area contributed by atoms with Gasteiger partial charge in [0.2, 0.25) is 0 Å². The molecule has 2 aromatic carbocycles. The van der Waals surface area contributed by atoms with E-state index in [2.05, 4.69) is 21.4 Å². The molecule has 0 bridgehead atoms. The molecule has 0 aliphatic carbocycles. The molecule has 0 saturated heterocycles. The number of nitrogens with zero attached hydrogens (tertiary/aromatic N) is 3. The van der Waals surface area contributed by atoms with Gasteiger partial charge in [-0.05, 0) is 53.8 Å².